The number of hydrogen-bond donors (Lipinski definition) is 1. The summed E-state index contributed by atoms with van der Waals surface area (Å²) in [6, 6.07) is 2.37. The molecular weight excluding hydrogens is 378 g/mol. The average Bonchev–Trinajstić information content (AvgIpc) is 3.13. The molecule has 0 atom stereocenters. The SMILES string of the molecule is Cc1n[nH]c(C)c1S(=O)(=O)N1CCCN(C(=O)c2ccc([N+](=O)[O-])o2)CC1. The van der Waals surface area contributed by atoms with E-state index in [1.165, 1.54) is 15.3 Å². The van der Waals surface area contributed by atoms with Crippen molar-refractivity contribution in [3.63, 3.8) is 0 Å². The van der Waals surface area contributed by atoms with Crippen LogP contribution in [0.2, 0.25) is 0 Å². The molecule has 0 radical (unpaired) electrons. The van der Waals surface area contributed by atoms with Crippen molar-refractivity contribution in [2.75, 3.05) is 26.2 Å². The van der Waals surface area contributed by atoms with Crippen molar-refractivity contribution < 1.29 is 22.6 Å². The predicted octanol–water partition coefficient (Wildman–Crippen LogP) is 1.06. The van der Waals surface area contributed by atoms with Crippen molar-refractivity contribution in [1.82, 2.24) is 19.4 Å². The van der Waals surface area contributed by atoms with E-state index in [0.717, 1.165) is 6.07 Å². The maximum absolute atomic E-state index is 12.9. The van der Waals surface area contributed by atoms with Crippen molar-refractivity contribution >= 4 is 21.8 Å². The van der Waals surface area contributed by atoms with Gasteiger partial charge in [-0.3, -0.25) is 20.0 Å². The van der Waals surface area contributed by atoms with Gasteiger partial charge in [-0.2, -0.15) is 9.40 Å². The first-order valence-electron chi connectivity index (χ1n) is 8.27. The second-order valence-corrected chi connectivity index (χ2v) is 8.08. The molecular formula is C15H19N5O6S. The summed E-state index contributed by atoms with van der Waals surface area (Å²) in [7, 11) is -3.74. The van der Waals surface area contributed by atoms with Crippen LogP contribution in [-0.2, 0) is 10.0 Å². The number of aromatic amines is 1. The molecule has 11 nitrogen and oxygen atoms in total. The van der Waals surface area contributed by atoms with Crippen LogP contribution in [0.3, 0.4) is 0 Å². The van der Waals surface area contributed by atoms with Gasteiger partial charge in [0.15, 0.2) is 5.76 Å². The molecule has 2 aromatic rings. The Morgan fingerprint density at radius 2 is 2.00 bits per heavy atom. The van der Waals surface area contributed by atoms with Gasteiger partial charge in [-0.05, 0) is 26.3 Å². The quantitative estimate of drug-likeness (QED) is 0.600. The summed E-state index contributed by atoms with van der Waals surface area (Å²) < 4.78 is 32.2. The van der Waals surface area contributed by atoms with Crippen molar-refractivity contribution in [1.29, 1.82) is 0 Å². The first-order chi connectivity index (χ1) is 12.7. The zero-order valence-electron chi connectivity index (χ0n) is 14.8. The largest absolute Gasteiger partial charge is 0.433 e. The summed E-state index contributed by atoms with van der Waals surface area (Å²) in [6.45, 7) is 4.11. The number of nitrogens with one attached hydrogen (secondary N) is 1. The van der Waals surface area contributed by atoms with E-state index in [1.54, 1.807) is 13.8 Å². The van der Waals surface area contributed by atoms with E-state index in [1.807, 2.05) is 0 Å². The minimum atomic E-state index is -3.74. The smallest absolute Gasteiger partial charge is 0.395 e. The third-order valence-electron chi connectivity index (χ3n) is 4.38. The molecule has 0 unspecified atom stereocenters. The number of carbonyl (C=O) groups is 1. The van der Waals surface area contributed by atoms with Crippen LogP contribution in [0.4, 0.5) is 5.88 Å². The van der Waals surface area contributed by atoms with Crippen LogP contribution >= 0.6 is 0 Å². The highest BCUT2D eigenvalue weighted by molar-refractivity contribution is 7.89. The number of hydrogen-bond acceptors (Lipinski definition) is 7. The second kappa shape index (κ2) is 7.12. The van der Waals surface area contributed by atoms with Crippen LogP contribution in [0, 0.1) is 24.0 Å². The number of carbonyl (C=O) groups excluding carboxylic acids is 1. The molecule has 0 aliphatic carbocycles. The molecule has 1 N–H and O–H groups in total. The van der Waals surface area contributed by atoms with Gasteiger partial charge < -0.3 is 9.32 Å². The molecule has 0 aromatic carbocycles. The Hall–Kier alpha value is -2.73. The number of H-pyrrole nitrogens is 1. The van der Waals surface area contributed by atoms with E-state index in [9.17, 15) is 23.3 Å². The fraction of sp³-hybridized carbons (Fsp3) is 0.467. The molecule has 3 rings (SSSR count). The molecule has 0 spiro atoms. The van der Waals surface area contributed by atoms with Crippen LogP contribution in [0.5, 0.6) is 0 Å². The maximum Gasteiger partial charge on any atom is 0.433 e. The van der Waals surface area contributed by atoms with Gasteiger partial charge in [0.1, 0.15) is 9.82 Å². The molecule has 146 valence electrons. The van der Waals surface area contributed by atoms with Gasteiger partial charge in [-0.25, -0.2) is 8.42 Å². The number of amides is 1. The molecule has 2 aromatic heterocycles. The molecule has 0 saturated carbocycles. The summed E-state index contributed by atoms with van der Waals surface area (Å²) in [5.74, 6) is -1.15. The zero-order chi connectivity index (χ0) is 19.8. The van der Waals surface area contributed by atoms with Crippen LogP contribution in [0.1, 0.15) is 28.4 Å². The van der Waals surface area contributed by atoms with Gasteiger partial charge in [-0.1, -0.05) is 0 Å². The topological polar surface area (TPSA) is 143 Å². The third-order valence-corrected chi connectivity index (χ3v) is 6.55. The lowest BCUT2D eigenvalue weighted by molar-refractivity contribution is -0.402. The maximum atomic E-state index is 12.9. The molecule has 27 heavy (non-hydrogen) atoms. The summed E-state index contributed by atoms with van der Waals surface area (Å²) in [4.78, 5) is 24.1. The molecule has 1 amide bonds. The Balaban J connectivity index is 1.75. The highest BCUT2D eigenvalue weighted by Crippen LogP contribution is 2.23. The number of rotatable bonds is 4. The fourth-order valence-corrected chi connectivity index (χ4v) is 4.88. The minimum absolute atomic E-state index is 0.112. The van der Waals surface area contributed by atoms with Crippen LogP contribution in [-0.4, -0.2) is 64.8 Å². The number of nitro groups is 1. The predicted molar refractivity (Wildman–Crippen MR) is 92.7 cm³/mol. The second-order valence-electron chi connectivity index (χ2n) is 6.21. The summed E-state index contributed by atoms with van der Waals surface area (Å²) >= 11 is 0. The van der Waals surface area contributed by atoms with E-state index in [-0.39, 0.29) is 30.3 Å². The molecule has 1 fully saturated rings. The number of furan rings is 1. The first kappa shape index (κ1) is 19.0. The first-order valence-corrected chi connectivity index (χ1v) is 9.71. The Bertz CT molecular complexity index is 959. The van der Waals surface area contributed by atoms with E-state index >= 15 is 0 Å². The van der Waals surface area contributed by atoms with Crippen molar-refractivity contribution in [3.05, 3.63) is 39.4 Å². The van der Waals surface area contributed by atoms with Gasteiger partial charge in [-0.15, -0.1) is 0 Å². The Morgan fingerprint density at radius 1 is 1.26 bits per heavy atom. The molecule has 3 heterocycles. The van der Waals surface area contributed by atoms with E-state index < -0.39 is 26.7 Å². The van der Waals surface area contributed by atoms with Crippen LogP contribution < -0.4 is 0 Å². The molecule has 1 aliphatic heterocycles. The molecule has 12 heteroatoms. The lowest BCUT2D eigenvalue weighted by Gasteiger charge is -2.21. The normalized spacial score (nSPS) is 16.3. The zero-order valence-corrected chi connectivity index (χ0v) is 15.7. The highest BCUT2D eigenvalue weighted by Gasteiger charge is 2.32. The Labute approximate surface area is 155 Å². The van der Waals surface area contributed by atoms with Crippen LogP contribution in [0.15, 0.2) is 21.4 Å². The minimum Gasteiger partial charge on any atom is -0.395 e. The van der Waals surface area contributed by atoms with Gasteiger partial charge in [0.25, 0.3) is 5.91 Å². The summed E-state index contributed by atoms with van der Waals surface area (Å²) in [5.41, 5.74) is 0.861. The van der Waals surface area contributed by atoms with Gasteiger partial charge in [0.2, 0.25) is 10.0 Å². The van der Waals surface area contributed by atoms with E-state index in [4.69, 9.17) is 4.42 Å². The van der Waals surface area contributed by atoms with Gasteiger partial charge in [0.05, 0.1) is 17.5 Å². The fourth-order valence-electron chi connectivity index (χ4n) is 3.08. The Morgan fingerprint density at radius 3 is 2.59 bits per heavy atom. The third kappa shape index (κ3) is 3.57. The molecule has 1 aliphatic rings. The van der Waals surface area contributed by atoms with Crippen molar-refractivity contribution in [3.8, 4) is 0 Å². The molecule has 0 bridgehead atoms. The van der Waals surface area contributed by atoms with Crippen LogP contribution in [0.25, 0.3) is 0 Å². The standard InChI is InChI=1S/C15H19N5O6S/c1-10-14(11(2)17-16-10)27(24,25)19-7-3-6-18(8-9-19)15(21)12-4-5-13(26-12)20(22)23/h4-5H,3,6-9H2,1-2H3,(H,16,17). The lowest BCUT2D eigenvalue weighted by atomic mass is 10.3. The number of sulfonamides is 1. The van der Waals surface area contributed by atoms with Crippen molar-refractivity contribution in [2.24, 2.45) is 0 Å². The monoisotopic (exact) mass is 397 g/mol. The summed E-state index contributed by atoms with van der Waals surface area (Å²) in [6.07, 6.45) is 0.434. The summed E-state index contributed by atoms with van der Waals surface area (Å²) in [5, 5.41) is 17.3. The number of nitrogens with zero attached hydrogens (tertiary/aromatic N) is 4. The molecule has 1 saturated heterocycles. The number of aryl methyl sites for hydroxylation is 2. The Kier molecular flexibility index (Phi) is 5.02. The van der Waals surface area contributed by atoms with Gasteiger partial charge in [0, 0.05) is 26.2 Å². The highest BCUT2D eigenvalue weighted by atomic mass is 32.2. The van der Waals surface area contributed by atoms with Crippen molar-refractivity contribution in [2.45, 2.75) is 25.2 Å². The van der Waals surface area contributed by atoms with Gasteiger partial charge >= 0.3 is 5.88 Å². The lowest BCUT2D eigenvalue weighted by Crippen LogP contribution is -2.37. The average molecular weight is 397 g/mol. The van der Waals surface area contributed by atoms with E-state index in [2.05, 4.69) is 10.2 Å². The number of aromatic nitrogens is 2. The van der Waals surface area contributed by atoms with E-state index in [0.29, 0.717) is 24.4 Å².